The van der Waals surface area contributed by atoms with Gasteiger partial charge >= 0.3 is 0 Å². The molecule has 0 saturated carbocycles. The Morgan fingerprint density at radius 2 is 1.83 bits per heavy atom. The number of benzene rings is 1. The van der Waals surface area contributed by atoms with E-state index in [4.69, 9.17) is 11.5 Å². The van der Waals surface area contributed by atoms with Crippen molar-refractivity contribution in [1.82, 2.24) is 15.5 Å². The van der Waals surface area contributed by atoms with Crippen molar-refractivity contribution in [3.63, 3.8) is 0 Å². The summed E-state index contributed by atoms with van der Waals surface area (Å²) in [4.78, 5) is 6.20. The summed E-state index contributed by atoms with van der Waals surface area (Å²) in [6.45, 7) is 24.9. The molecule has 0 amide bonds. The minimum absolute atomic E-state index is 0.227. The smallest absolute Gasteiger partial charge is 0.128 e. The van der Waals surface area contributed by atoms with Crippen LogP contribution >= 0.6 is 0 Å². The van der Waals surface area contributed by atoms with Gasteiger partial charge in [-0.1, -0.05) is 45.0 Å². The minimum atomic E-state index is -0.289. The number of aliphatic imine (C=N–C) groups is 1. The van der Waals surface area contributed by atoms with Crippen LogP contribution in [0, 0.1) is 5.82 Å². The van der Waals surface area contributed by atoms with Crippen molar-refractivity contribution >= 4 is 5.84 Å². The monoisotopic (exact) mass is 476 g/mol. The second-order valence-corrected chi connectivity index (χ2v) is 8.48. The average Bonchev–Trinajstić information content (AvgIpc) is 2.83. The van der Waals surface area contributed by atoms with E-state index in [1.54, 1.807) is 6.07 Å². The zero-order valence-electron chi connectivity index (χ0n) is 21.1. The Morgan fingerprint density at radius 1 is 1.14 bits per heavy atom. The van der Waals surface area contributed by atoms with Crippen molar-refractivity contribution in [3.05, 3.63) is 119 Å². The first-order valence-electron chi connectivity index (χ1n) is 11.3. The molecule has 2 rings (SSSR count). The molecular formula is C28H37FN6. The molecule has 0 heterocycles. The van der Waals surface area contributed by atoms with E-state index in [0.717, 1.165) is 45.1 Å². The van der Waals surface area contributed by atoms with Gasteiger partial charge < -0.3 is 27.0 Å². The summed E-state index contributed by atoms with van der Waals surface area (Å²) in [5, 5.41) is 6.43. The van der Waals surface area contributed by atoms with Crippen LogP contribution in [-0.4, -0.2) is 24.5 Å². The fourth-order valence-electron chi connectivity index (χ4n) is 3.51. The molecule has 186 valence electrons. The van der Waals surface area contributed by atoms with Crippen LogP contribution in [0.2, 0.25) is 0 Å². The van der Waals surface area contributed by atoms with Gasteiger partial charge in [0.1, 0.15) is 11.7 Å². The summed E-state index contributed by atoms with van der Waals surface area (Å²) >= 11 is 0. The van der Waals surface area contributed by atoms with Gasteiger partial charge in [0.25, 0.3) is 0 Å². The van der Waals surface area contributed by atoms with E-state index in [1.807, 2.05) is 37.9 Å². The van der Waals surface area contributed by atoms with Gasteiger partial charge in [0.15, 0.2) is 0 Å². The molecule has 0 radical (unpaired) electrons. The quantitative estimate of drug-likeness (QED) is 0.203. The molecule has 1 aromatic rings. The van der Waals surface area contributed by atoms with Crippen LogP contribution in [0.25, 0.3) is 0 Å². The van der Waals surface area contributed by atoms with Crippen LogP contribution in [-0.2, 0) is 13.1 Å². The Kier molecular flexibility index (Phi) is 9.42. The summed E-state index contributed by atoms with van der Waals surface area (Å²) in [6.07, 6.45) is 2.62. The van der Waals surface area contributed by atoms with Gasteiger partial charge in [-0.2, -0.15) is 0 Å². The van der Waals surface area contributed by atoms with Crippen molar-refractivity contribution < 1.29 is 4.39 Å². The Balaban J connectivity index is 1.98. The highest BCUT2D eigenvalue weighted by molar-refractivity contribution is 5.81. The molecule has 0 unspecified atom stereocenters. The van der Waals surface area contributed by atoms with Gasteiger partial charge in [-0.05, 0) is 49.1 Å². The summed E-state index contributed by atoms with van der Waals surface area (Å²) < 4.78 is 14.3. The lowest BCUT2D eigenvalue weighted by molar-refractivity contribution is 0.598. The summed E-state index contributed by atoms with van der Waals surface area (Å²) in [5.41, 5.74) is 19.1. The van der Waals surface area contributed by atoms with E-state index < -0.39 is 0 Å². The molecule has 6 nitrogen and oxygen atoms in total. The lowest BCUT2D eigenvalue weighted by Gasteiger charge is -2.27. The molecule has 35 heavy (non-hydrogen) atoms. The largest absolute Gasteiger partial charge is 0.397 e. The number of hydrogen-bond donors (Lipinski definition) is 4. The zero-order chi connectivity index (χ0) is 26.3. The number of nitrogens with zero attached hydrogens (tertiary/aromatic N) is 2. The molecule has 0 aromatic heterocycles. The normalized spacial score (nSPS) is 14.0. The lowest BCUT2D eigenvalue weighted by Crippen LogP contribution is -2.28. The number of likely N-dealkylation sites (N-methyl/N-ethyl adjacent to an activating group) is 1. The number of amidine groups is 1. The third-order valence-electron chi connectivity index (χ3n) is 5.90. The molecule has 0 saturated heterocycles. The van der Waals surface area contributed by atoms with Gasteiger partial charge in [-0.3, -0.25) is 4.99 Å². The number of rotatable bonds is 12. The number of nitrogens with two attached hydrogens (primary N) is 2. The van der Waals surface area contributed by atoms with Crippen molar-refractivity contribution in [3.8, 4) is 0 Å². The van der Waals surface area contributed by atoms with Crippen molar-refractivity contribution in [2.75, 3.05) is 13.7 Å². The van der Waals surface area contributed by atoms with E-state index >= 15 is 0 Å². The molecular weight excluding hydrogens is 439 g/mol. The van der Waals surface area contributed by atoms with Gasteiger partial charge in [0.05, 0.1) is 18.1 Å². The molecule has 0 bridgehead atoms. The molecule has 6 N–H and O–H groups in total. The molecule has 0 fully saturated rings. The summed E-state index contributed by atoms with van der Waals surface area (Å²) in [5.74, 6) is 0.513. The predicted molar refractivity (Wildman–Crippen MR) is 145 cm³/mol. The van der Waals surface area contributed by atoms with Gasteiger partial charge in [0.2, 0.25) is 0 Å². The van der Waals surface area contributed by atoms with E-state index in [9.17, 15) is 4.39 Å². The SMILES string of the molecule is C=C(C/C=C(/C(=C)C)N(C)/C(C)=N\CN)C(=C)NCc1ccc(F)c(CNC2=C(N)C(=C)C2=C)c1. The number of halogens is 1. The second kappa shape index (κ2) is 12.0. The van der Waals surface area contributed by atoms with Gasteiger partial charge in [-0.15, -0.1) is 0 Å². The average molecular weight is 477 g/mol. The van der Waals surface area contributed by atoms with E-state index in [0.29, 0.717) is 36.5 Å². The fraction of sp³-hybridized carbons (Fsp3) is 0.250. The fourth-order valence-corrected chi connectivity index (χ4v) is 3.51. The topological polar surface area (TPSA) is 91.7 Å². The van der Waals surface area contributed by atoms with Crippen LogP contribution in [0.4, 0.5) is 4.39 Å². The molecule has 0 aliphatic heterocycles. The maximum absolute atomic E-state index is 14.3. The molecule has 0 spiro atoms. The van der Waals surface area contributed by atoms with Crippen LogP contribution in [0.15, 0.2) is 107 Å². The van der Waals surface area contributed by atoms with E-state index in [2.05, 4.69) is 48.5 Å². The van der Waals surface area contributed by atoms with Gasteiger partial charge in [-0.25, -0.2) is 4.39 Å². The maximum Gasteiger partial charge on any atom is 0.128 e. The van der Waals surface area contributed by atoms with Crippen molar-refractivity contribution in [2.45, 2.75) is 33.4 Å². The predicted octanol–water partition coefficient (Wildman–Crippen LogP) is 4.49. The van der Waals surface area contributed by atoms with E-state index in [1.165, 1.54) is 6.07 Å². The van der Waals surface area contributed by atoms with Crippen molar-refractivity contribution in [1.29, 1.82) is 0 Å². The van der Waals surface area contributed by atoms with Crippen LogP contribution < -0.4 is 22.1 Å². The van der Waals surface area contributed by atoms with Crippen molar-refractivity contribution in [2.24, 2.45) is 16.5 Å². The van der Waals surface area contributed by atoms with Crippen LogP contribution in [0.5, 0.6) is 0 Å². The molecule has 1 aromatic carbocycles. The number of hydrogen-bond acceptors (Lipinski definition) is 5. The molecule has 0 atom stereocenters. The van der Waals surface area contributed by atoms with Crippen LogP contribution in [0.1, 0.15) is 31.4 Å². The number of nitrogens with one attached hydrogen (secondary N) is 2. The Bertz CT molecular complexity index is 1150. The highest BCUT2D eigenvalue weighted by Gasteiger charge is 2.23. The minimum Gasteiger partial charge on any atom is -0.397 e. The van der Waals surface area contributed by atoms with Crippen LogP contribution in [0.3, 0.4) is 0 Å². The standard InChI is InChI=1S/C28H37FN6/c1-17(2)26(35(8)22(7)34-16-30)12-9-18(3)21(6)32-14-23-10-11-25(29)24(13-23)15-33-28-20(5)19(4)27(28)31/h10-13,32-33H,1,3-6,9,14-16,30-31H2,2,7-8H3/b26-12-,34-22-. The zero-order valence-corrected chi connectivity index (χ0v) is 21.1. The molecule has 1 aliphatic rings. The number of allylic oxidation sites excluding steroid dienone is 5. The third kappa shape index (κ3) is 6.83. The molecule has 7 heteroatoms. The summed E-state index contributed by atoms with van der Waals surface area (Å²) in [7, 11) is 1.92. The van der Waals surface area contributed by atoms with E-state index in [-0.39, 0.29) is 12.5 Å². The Hall–Kier alpha value is -3.84. The second-order valence-electron chi connectivity index (χ2n) is 8.48. The van der Waals surface area contributed by atoms with Gasteiger partial charge in [0, 0.05) is 48.2 Å². The highest BCUT2D eigenvalue weighted by Crippen LogP contribution is 2.32. The Morgan fingerprint density at radius 3 is 2.43 bits per heavy atom. The maximum atomic E-state index is 14.3. The molecule has 1 aliphatic carbocycles. The summed E-state index contributed by atoms with van der Waals surface area (Å²) in [6, 6.07) is 5.01. The Labute approximate surface area is 208 Å². The first-order chi connectivity index (χ1) is 16.5. The lowest BCUT2D eigenvalue weighted by atomic mass is 9.90. The first-order valence-corrected chi connectivity index (χ1v) is 11.3. The third-order valence-corrected chi connectivity index (χ3v) is 5.90. The first kappa shape index (κ1) is 27.4. The highest BCUT2D eigenvalue weighted by atomic mass is 19.1.